The molecule has 0 saturated carbocycles. The van der Waals surface area contributed by atoms with Crippen molar-refractivity contribution >= 4 is 8.25 Å². The monoisotopic (exact) mass is 345 g/mol. The van der Waals surface area contributed by atoms with E-state index >= 15 is 0 Å². The van der Waals surface area contributed by atoms with Crippen LogP contribution in [0.3, 0.4) is 0 Å². The normalized spacial score (nSPS) is 11.9. The highest BCUT2D eigenvalue weighted by Gasteiger charge is 2.31. The zero-order chi connectivity index (χ0) is 18.0. The van der Waals surface area contributed by atoms with Crippen LogP contribution in [0.2, 0.25) is 0 Å². The minimum atomic E-state index is -2.31. The molecule has 0 unspecified atom stereocenters. The van der Waals surface area contributed by atoms with Gasteiger partial charge in [-0.15, -0.1) is 0 Å². The zero-order valence-electron chi connectivity index (χ0n) is 15.3. The largest absolute Gasteiger partial charge is 0.805 e. The van der Waals surface area contributed by atoms with Gasteiger partial charge in [-0.3, -0.25) is 0 Å². The molecule has 0 bridgehead atoms. The van der Waals surface area contributed by atoms with Gasteiger partial charge in [0.15, 0.2) is 11.5 Å². The molecule has 0 aliphatic carbocycles. The first-order valence-electron chi connectivity index (χ1n) is 8.11. The summed E-state index contributed by atoms with van der Waals surface area (Å²) >= 11 is 0. The molecule has 0 radical (unpaired) electrons. The summed E-state index contributed by atoms with van der Waals surface area (Å²) in [5.74, 6) is 1.19. The standard InChI is InChI=1S/C20H26O3P/c1-19(2,3)15-11-7-9-13-17(15)22-24(21)23-18-14-10-8-12-16(18)20(4,5)6/h7-14H,1-6H3/q+1. The predicted molar refractivity (Wildman–Crippen MR) is 99.1 cm³/mol. The first-order chi connectivity index (χ1) is 11.1. The quantitative estimate of drug-likeness (QED) is 0.602. The molecule has 0 aliphatic rings. The van der Waals surface area contributed by atoms with E-state index in [0.717, 1.165) is 11.1 Å². The molecule has 0 spiro atoms. The Labute approximate surface area is 146 Å². The van der Waals surface area contributed by atoms with Crippen LogP contribution in [0, 0.1) is 0 Å². The van der Waals surface area contributed by atoms with E-state index in [1.165, 1.54) is 0 Å². The van der Waals surface area contributed by atoms with Crippen LogP contribution in [0.25, 0.3) is 0 Å². The molecule has 0 saturated heterocycles. The van der Waals surface area contributed by atoms with Crippen LogP contribution in [0.5, 0.6) is 11.5 Å². The van der Waals surface area contributed by atoms with E-state index in [0.29, 0.717) is 11.5 Å². The van der Waals surface area contributed by atoms with Crippen LogP contribution in [-0.4, -0.2) is 0 Å². The van der Waals surface area contributed by atoms with Gasteiger partial charge in [-0.05, 0) is 23.0 Å². The molecule has 0 fully saturated rings. The number of hydrogen-bond acceptors (Lipinski definition) is 3. The second kappa shape index (κ2) is 6.94. The summed E-state index contributed by atoms with van der Waals surface area (Å²) in [6, 6.07) is 15.3. The average Bonchev–Trinajstić information content (AvgIpc) is 2.46. The Hall–Kier alpha value is -1.86. The lowest BCUT2D eigenvalue weighted by atomic mass is 9.86. The van der Waals surface area contributed by atoms with Crippen molar-refractivity contribution in [3.05, 3.63) is 59.7 Å². The van der Waals surface area contributed by atoms with Crippen LogP contribution in [0.15, 0.2) is 48.5 Å². The Kier molecular flexibility index (Phi) is 5.35. The number of hydrogen-bond donors (Lipinski definition) is 0. The molecule has 2 aromatic carbocycles. The Balaban J connectivity index is 2.22. The second-order valence-corrected chi connectivity index (χ2v) is 8.71. The molecule has 0 atom stereocenters. The lowest BCUT2D eigenvalue weighted by Crippen LogP contribution is -2.13. The lowest BCUT2D eigenvalue weighted by Gasteiger charge is -2.20. The lowest BCUT2D eigenvalue weighted by molar-refractivity contribution is 0.403. The summed E-state index contributed by atoms with van der Waals surface area (Å²) in [6.45, 7) is 12.6. The van der Waals surface area contributed by atoms with Crippen molar-refractivity contribution < 1.29 is 13.6 Å². The van der Waals surface area contributed by atoms with Gasteiger partial charge >= 0.3 is 8.25 Å². The first kappa shape index (κ1) is 18.5. The van der Waals surface area contributed by atoms with Gasteiger partial charge < -0.3 is 0 Å². The minimum Gasteiger partial charge on any atom is -0.222 e. The number of rotatable bonds is 4. The molecular weight excluding hydrogens is 319 g/mol. The van der Waals surface area contributed by atoms with Crippen molar-refractivity contribution in [1.29, 1.82) is 0 Å². The molecule has 128 valence electrons. The molecular formula is C20H26O3P+. The van der Waals surface area contributed by atoms with Crippen molar-refractivity contribution in [2.24, 2.45) is 0 Å². The van der Waals surface area contributed by atoms with E-state index < -0.39 is 8.25 Å². The van der Waals surface area contributed by atoms with Crippen molar-refractivity contribution in [3.63, 3.8) is 0 Å². The molecule has 3 nitrogen and oxygen atoms in total. The SMILES string of the molecule is CC(C)(C)c1ccccc1O[P+](=O)Oc1ccccc1C(C)(C)C. The summed E-state index contributed by atoms with van der Waals surface area (Å²) in [7, 11) is -2.31. The maximum Gasteiger partial charge on any atom is 0.805 e. The highest BCUT2D eigenvalue weighted by molar-refractivity contribution is 7.34. The van der Waals surface area contributed by atoms with Crippen LogP contribution in [0.4, 0.5) is 0 Å². The van der Waals surface area contributed by atoms with E-state index in [9.17, 15) is 4.57 Å². The summed E-state index contributed by atoms with van der Waals surface area (Å²) in [5.41, 5.74) is 1.80. The van der Waals surface area contributed by atoms with E-state index in [-0.39, 0.29) is 10.8 Å². The summed E-state index contributed by atoms with van der Waals surface area (Å²) < 4.78 is 23.7. The Bertz CT molecular complexity index is 663. The maximum atomic E-state index is 12.4. The van der Waals surface area contributed by atoms with Gasteiger partial charge in [0.1, 0.15) is 0 Å². The fraction of sp³-hybridized carbons (Fsp3) is 0.400. The Morgan fingerprint density at radius 1 is 0.667 bits per heavy atom. The van der Waals surface area contributed by atoms with Crippen molar-refractivity contribution in [1.82, 2.24) is 0 Å². The average molecular weight is 345 g/mol. The van der Waals surface area contributed by atoms with Gasteiger partial charge in [-0.25, -0.2) is 9.05 Å². The third kappa shape index (κ3) is 4.58. The molecule has 0 N–H and O–H groups in total. The molecule has 2 rings (SSSR count). The fourth-order valence-corrected chi connectivity index (χ4v) is 3.19. The summed E-state index contributed by atoms with van der Waals surface area (Å²) in [4.78, 5) is 0. The third-order valence-corrected chi connectivity index (χ3v) is 4.43. The molecule has 0 aromatic heterocycles. The summed E-state index contributed by atoms with van der Waals surface area (Å²) in [5, 5.41) is 0. The van der Waals surface area contributed by atoms with Crippen LogP contribution in [-0.2, 0) is 15.4 Å². The van der Waals surface area contributed by atoms with Gasteiger partial charge in [0.2, 0.25) is 0 Å². The van der Waals surface area contributed by atoms with E-state index in [1.807, 2.05) is 48.5 Å². The minimum absolute atomic E-state index is 0.101. The van der Waals surface area contributed by atoms with E-state index in [4.69, 9.17) is 9.05 Å². The molecule has 0 heterocycles. The maximum absolute atomic E-state index is 12.4. The van der Waals surface area contributed by atoms with Crippen molar-refractivity contribution in [2.45, 2.75) is 52.4 Å². The van der Waals surface area contributed by atoms with Gasteiger partial charge in [0.25, 0.3) is 0 Å². The zero-order valence-corrected chi connectivity index (χ0v) is 16.2. The smallest absolute Gasteiger partial charge is 0.222 e. The Morgan fingerprint density at radius 2 is 1.00 bits per heavy atom. The first-order valence-corrected chi connectivity index (χ1v) is 9.21. The van der Waals surface area contributed by atoms with Gasteiger partial charge in [-0.2, -0.15) is 0 Å². The number of benzene rings is 2. The topological polar surface area (TPSA) is 35.5 Å². The Morgan fingerprint density at radius 3 is 1.33 bits per heavy atom. The predicted octanol–water partition coefficient (Wildman–Crippen LogP) is 6.40. The highest BCUT2D eigenvalue weighted by atomic mass is 31.1. The van der Waals surface area contributed by atoms with Crippen molar-refractivity contribution in [2.75, 3.05) is 0 Å². The van der Waals surface area contributed by atoms with Gasteiger partial charge in [0, 0.05) is 15.7 Å². The van der Waals surface area contributed by atoms with E-state index in [2.05, 4.69) is 41.5 Å². The van der Waals surface area contributed by atoms with Gasteiger partial charge in [-0.1, -0.05) is 77.9 Å². The van der Waals surface area contributed by atoms with Crippen molar-refractivity contribution in [3.8, 4) is 11.5 Å². The molecule has 0 amide bonds. The number of para-hydroxylation sites is 2. The summed E-state index contributed by atoms with van der Waals surface area (Å²) in [6.07, 6.45) is 0. The molecule has 2 aromatic rings. The second-order valence-electron chi connectivity index (χ2n) is 7.90. The third-order valence-electron chi connectivity index (χ3n) is 3.74. The highest BCUT2D eigenvalue weighted by Crippen LogP contribution is 2.40. The fourth-order valence-electron chi connectivity index (χ4n) is 2.51. The molecule has 24 heavy (non-hydrogen) atoms. The van der Waals surface area contributed by atoms with Crippen LogP contribution >= 0.6 is 8.25 Å². The molecule has 4 heteroatoms. The molecule has 0 aliphatic heterocycles. The van der Waals surface area contributed by atoms with Gasteiger partial charge in [0.05, 0.1) is 0 Å². The van der Waals surface area contributed by atoms with Crippen LogP contribution < -0.4 is 9.05 Å². The van der Waals surface area contributed by atoms with E-state index in [1.54, 1.807) is 0 Å². The van der Waals surface area contributed by atoms with Crippen LogP contribution in [0.1, 0.15) is 52.7 Å².